The third kappa shape index (κ3) is 7.25. The van der Waals surface area contributed by atoms with E-state index >= 15 is 0 Å². The van der Waals surface area contributed by atoms with Gasteiger partial charge in [0.2, 0.25) is 5.91 Å². The molecule has 0 bridgehead atoms. The van der Waals surface area contributed by atoms with E-state index in [9.17, 15) is 35.9 Å². The van der Waals surface area contributed by atoms with E-state index in [4.69, 9.17) is 9.47 Å². The number of alkyl halides is 6. The third-order valence-corrected chi connectivity index (χ3v) is 6.96. The monoisotopic (exact) mass is 567 g/mol. The van der Waals surface area contributed by atoms with Crippen LogP contribution in [-0.2, 0) is 40.0 Å². The first-order valence-corrected chi connectivity index (χ1v) is 12.5. The van der Waals surface area contributed by atoms with Gasteiger partial charge in [0.15, 0.2) is 0 Å². The number of hydrogen-bond acceptors (Lipinski definition) is 4. The van der Waals surface area contributed by atoms with Crippen molar-refractivity contribution in [2.75, 3.05) is 13.7 Å². The zero-order chi connectivity index (χ0) is 29.1. The molecule has 2 aromatic carbocycles. The molecule has 2 unspecified atom stereocenters. The van der Waals surface area contributed by atoms with Crippen LogP contribution in [0.4, 0.5) is 26.3 Å². The summed E-state index contributed by atoms with van der Waals surface area (Å²) in [5.74, 6) is -2.69. The highest BCUT2D eigenvalue weighted by atomic mass is 19.4. The molecule has 1 aliphatic carbocycles. The zero-order valence-corrected chi connectivity index (χ0v) is 21.5. The number of hydrogen-bond donors (Lipinski definition) is 0. The summed E-state index contributed by atoms with van der Waals surface area (Å²) in [4.78, 5) is 26.9. The Morgan fingerprint density at radius 2 is 1.75 bits per heavy atom. The van der Waals surface area contributed by atoms with E-state index in [0.29, 0.717) is 16.9 Å². The molecular weight excluding hydrogens is 540 g/mol. The minimum Gasteiger partial charge on any atom is -0.489 e. The lowest BCUT2D eigenvalue weighted by Crippen LogP contribution is -2.35. The summed E-state index contributed by atoms with van der Waals surface area (Å²) >= 11 is 0. The Morgan fingerprint density at radius 1 is 1.02 bits per heavy atom. The third-order valence-electron chi connectivity index (χ3n) is 6.96. The fourth-order valence-corrected chi connectivity index (χ4v) is 4.71. The zero-order valence-electron chi connectivity index (χ0n) is 21.5. The molecule has 0 radical (unpaired) electrons. The minimum atomic E-state index is -4.48. The number of nitrogens with zero attached hydrogens (tertiary/aromatic N) is 1. The van der Waals surface area contributed by atoms with E-state index in [2.05, 4.69) is 0 Å². The molecule has 40 heavy (non-hydrogen) atoms. The van der Waals surface area contributed by atoms with Crippen LogP contribution in [0.3, 0.4) is 0 Å². The Balaban J connectivity index is 1.52. The molecule has 2 aromatic rings. The second-order valence-electron chi connectivity index (χ2n) is 9.81. The van der Waals surface area contributed by atoms with Crippen molar-refractivity contribution in [1.82, 2.24) is 4.90 Å². The van der Waals surface area contributed by atoms with E-state index in [-0.39, 0.29) is 44.9 Å². The maximum Gasteiger partial charge on any atom is 0.416 e. The van der Waals surface area contributed by atoms with Gasteiger partial charge < -0.3 is 14.4 Å². The normalized spacial score (nSPS) is 19.5. The fourth-order valence-electron chi connectivity index (χ4n) is 4.71. The number of carbonyl (C=O) groups is 2. The van der Waals surface area contributed by atoms with E-state index in [1.54, 1.807) is 18.2 Å². The maximum atomic E-state index is 13.4. The number of carbonyl (C=O) groups excluding carboxylic acids is 2. The van der Waals surface area contributed by atoms with Crippen LogP contribution in [0, 0.1) is 11.8 Å². The summed E-state index contributed by atoms with van der Waals surface area (Å²) in [7, 11) is 1.22. The largest absolute Gasteiger partial charge is 0.489 e. The number of ether oxygens (including phenoxy) is 2. The average molecular weight is 568 g/mol. The molecule has 5 nitrogen and oxygen atoms in total. The van der Waals surface area contributed by atoms with E-state index in [1.165, 1.54) is 36.3 Å². The first-order valence-electron chi connectivity index (χ1n) is 12.5. The molecule has 0 saturated heterocycles. The van der Waals surface area contributed by atoms with Crippen molar-refractivity contribution in [2.45, 2.75) is 44.7 Å². The van der Waals surface area contributed by atoms with Crippen LogP contribution in [0.25, 0.3) is 0 Å². The van der Waals surface area contributed by atoms with Gasteiger partial charge in [-0.25, -0.2) is 0 Å². The Hall–Kier alpha value is -3.76. The average Bonchev–Trinajstić information content (AvgIpc) is 3.03. The van der Waals surface area contributed by atoms with E-state index in [1.807, 2.05) is 0 Å². The summed E-state index contributed by atoms with van der Waals surface area (Å²) in [6, 6.07) is 9.72. The van der Waals surface area contributed by atoms with Crippen molar-refractivity contribution >= 4 is 11.9 Å². The molecular formula is C29H27F6NO4. The van der Waals surface area contributed by atoms with Crippen molar-refractivity contribution in [3.63, 3.8) is 0 Å². The van der Waals surface area contributed by atoms with Gasteiger partial charge in [-0.15, -0.1) is 0 Å². The van der Waals surface area contributed by atoms with Crippen LogP contribution >= 0.6 is 0 Å². The molecule has 2 atom stereocenters. The summed E-state index contributed by atoms with van der Waals surface area (Å²) in [6.07, 6.45) is -4.85. The fraction of sp³-hybridized carbons (Fsp3) is 0.379. The molecule has 1 amide bonds. The van der Waals surface area contributed by atoms with Gasteiger partial charge in [-0.2, -0.15) is 26.3 Å². The Labute approximate surface area is 227 Å². The van der Waals surface area contributed by atoms with Gasteiger partial charge in [-0.05, 0) is 59.4 Å². The summed E-state index contributed by atoms with van der Waals surface area (Å²) < 4.78 is 88.2. The Kier molecular flexibility index (Phi) is 8.60. The quantitative estimate of drug-likeness (QED) is 0.287. The van der Waals surface area contributed by atoms with Crippen LogP contribution in [0.1, 0.15) is 35.1 Å². The number of benzene rings is 2. The maximum absolute atomic E-state index is 13.4. The van der Waals surface area contributed by atoms with Crippen LogP contribution in [0.5, 0.6) is 5.75 Å². The van der Waals surface area contributed by atoms with Gasteiger partial charge in [-0.3, -0.25) is 9.59 Å². The molecule has 1 aliphatic heterocycles. The molecule has 0 N–H and O–H groups in total. The van der Waals surface area contributed by atoms with Crippen molar-refractivity contribution in [1.29, 1.82) is 0 Å². The number of methoxy groups -OCH3 is 1. The molecule has 4 rings (SSSR count). The Morgan fingerprint density at radius 3 is 2.35 bits per heavy atom. The van der Waals surface area contributed by atoms with Crippen molar-refractivity contribution < 1.29 is 45.4 Å². The minimum absolute atomic E-state index is 0.0250. The molecule has 0 spiro atoms. The highest BCUT2D eigenvalue weighted by molar-refractivity contribution is 5.84. The molecule has 1 heterocycles. The molecule has 0 fully saturated rings. The van der Waals surface area contributed by atoms with Crippen LogP contribution < -0.4 is 4.74 Å². The second kappa shape index (κ2) is 11.8. The molecule has 0 aromatic heterocycles. The van der Waals surface area contributed by atoms with E-state index < -0.39 is 35.7 Å². The topological polar surface area (TPSA) is 55.8 Å². The van der Waals surface area contributed by atoms with Crippen molar-refractivity contribution in [3.8, 4) is 5.75 Å². The molecule has 0 saturated carbocycles. The highest BCUT2D eigenvalue weighted by Crippen LogP contribution is 2.34. The Bertz CT molecular complexity index is 1300. The van der Waals surface area contributed by atoms with E-state index in [0.717, 1.165) is 29.3 Å². The number of esters is 1. The predicted molar refractivity (Wildman–Crippen MR) is 133 cm³/mol. The standard InChI is InChI=1S/C29H27F6NO4/c1-39-26(37)14-21-12-20-6-11-25(40-17-19-4-9-24(10-5-19)29(33,34)35)13-22(20)16-36(27(21)38)15-18-2-7-23(8-3-18)28(30,31)32/h2-9,11,13,21,24H,10,12,14-17H2,1H3. The van der Waals surface area contributed by atoms with Gasteiger partial charge in [-0.1, -0.05) is 36.4 Å². The molecule has 11 heteroatoms. The summed E-state index contributed by atoms with van der Waals surface area (Å²) in [6.45, 7) is 0.205. The first kappa shape index (κ1) is 29.2. The SMILES string of the molecule is COC(=O)CC1Cc2ccc(OCC3=CCC(C(F)(F)F)C=C3)cc2CN(Cc2ccc(C(F)(F)F)cc2)C1=O. The van der Waals surface area contributed by atoms with Crippen molar-refractivity contribution in [3.05, 3.63) is 88.5 Å². The summed E-state index contributed by atoms with van der Waals surface area (Å²) in [5, 5.41) is 0. The highest BCUT2D eigenvalue weighted by Gasteiger charge is 2.38. The van der Waals surface area contributed by atoms with Gasteiger partial charge in [0.25, 0.3) is 0 Å². The number of halogens is 6. The second-order valence-corrected chi connectivity index (χ2v) is 9.81. The van der Waals surface area contributed by atoms with Crippen LogP contribution in [0.15, 0.2) is 66.3 Å². The van der Waals surface area contributed by atoms with Gasteiger partial charge in [0.1, 0.15) is 12.4 Å². The summed E-state index contributed by atoms with van der Waals surface area (Å²) in [5.41, 5.74) is 1.82. The predicted octanol–water partition coefficient (Wildman–Crippen LogP) is 6.41. The lowest BCUT2D eigenvalue weighted by atomic mass is 9.94. The molecule has 214 valence electrons. The lowest BCUT2D eigenvalue weighted by molar-refractivity contribution is -0.160. The number of fused-ring (bicyclic) bond motifs is 1. The van der Waals surface area contributed by atoms with Crippen LogP contribution in [0.2, 0.25) is 0 Å². The number of amides is 1. The van der Waals surface area contributed by atoms with Gasteiger partial charge >= 0.3 is 18.3 Å². The number of rotatable bonds is 7. The van der Waals surface area contributed by atoms with Crippen molar-refractivity contribution in [2.24, 2.45) is 11.8 Å². The van der Waals surface area contributed by atoms with Gasteiger partial charge in [0, 0.05) is 13.1 Å². The van der Waals surface area contributed by atoms with Crippen LogP contribution in [-0.4, -0.2) is 36.7 Å². The van der Waals surface area contributed by atoms with Gasteiger partial charge in [0.05, 0.1) is 30.9 Å². The lowest BCUT2D eigenvalue weighted by Gasteiger charge is -2.24. The molecule has 2 aliphatic rings. The smallest absolute Gasteiger partial charge is 0.416 e. The number of allylic oxidation sites excluding steroid dienone is 2. The first-order chi connectivity index (χ1) is 18.8.